The van der Waals surface area contributed by atoms with Crippen molar-refractivity contribution in [3.05, 3.63) is 31.0 Å². The smallest absolute Gasteiger partial charge is 0.241 e. The number of hydrogen-bond donors (Lipinski definition) is 2. The van der Waals surface area contributed by atoms with Gasteiger partial charge in [-0.15, -0.1) is 10.2 Å². The van der Waals surface area contributed by atoms with Crippen LogP contribution in [0.2, 0.25) is 0 Å². The van der Waals surface area contributed by atoms with Gasteiger partial charge in [0.15, 0.2) is 0 Å². The Morgan fingerprint density at radius 3 is 2.70 bits per heavy atom. The molecule has 2 aromatic heterocycles. The molecule has 0 spiro atoms. The molecule has 0 fully saturated rings. The molecule has 108 valence electrons. The Balaban J connectivity index is 1.82. The Kier molecular flexibility index (Phi) is 4.64. The summed E-state index contributed by atoms with van der Waals surface area (Å²) < 4.78 is 24.6. The van der Waals surface area contributed by atoms with Gasteiger partial charge in [0.1, 0.15) is 23.4 Å². The third-order valence-corrected chi connectivity index (χ3v) is 3.62. The average molecular weight is 296 g/mol. The predicted molar refractivity (Wildman–Crippen MR) is 73.4 cm³/mol. The zero-order valence-corrected chi connectivity index (χ0v) is 11.6. The second-order valence-electron chi connectivity index (χ2n) is 4.23. The molecule has 0 radical (unpaired) electrons. The third kappa shape index (κ3) is 4.00. The summed E-state index contributed by atoms with van der Waals surface area (Å²) in [6.07, 6.45) is 6.62. The van der Waals surface area contributed by atoms with E-state index in [2.05, 4.69) is 20.5 Å². The van der Waals surface area contributed by atoms with Crippen LogP contribution in [-0.2, 0) is 16.6 Å². The van der Waals surface area contributed by atoms with E-state index >= 15 is 0 Å². The van der Waals surface area contributed by atoms with Gasteiger partial charge in [-0.05, 0) is 25.0 Å². The zero-order chi connectivity index (χ0) is 14.4. The van der Waals surface area contributed by atoms with Gasteiger partial charge in [0.25, 0.3) is 0 Å². The number of aromatic nitrogens is 4. The molecule has 20 heavy (non-hydrogen) atoms. The van der Waals surface area contributed by atoms with Crippen molar-refractivity contribution < 1.29 is 8.42 Å². The van der Waals surface area contributed by atoms with Gasteiger partial charge in [0.2, 0.25) is 10.0 Å². The number of rotatable bonds is 7. The van der Waals surface area contributed by atoms with Crippen LogP contribution in [0.15, 0.2) is 35.9 Å². The SMILES string of the molecule is NS(=O)(=O)c1cccnc1NCCCCn1cnnc1. The van der Waals surface area contributed by atoms with Crippen LogP contribution in [0.1, 0.15) is 12.8 Å². The highest BCUT2D eigenvalue weighted by molar-refractivity contribution is 7.89. The maximum atomic E-state index is 11.4. The van der Waals surface area contributed by atoms with Crippen LogP contribution in [0, 0.1) is 0 Å². The highest BCUT2D eigenvalue weighted by Gasteiger charge is 2.13. The monoisotopic (exact) mass is 296 g/mol. The topological polar surface area (TPSA) is 116 Å². The van der Waals surface area contributed by atoms with Crippen molar-refractivity contribution in [3.63, 3.8) is 0 Å². The number of nitrogens with zero attached hydrogens (tertiary/aromatic N) is 4. The molecule has 0 saturated carbocycles. The summed E-state index contributed by atoms with van der Waals surface area (Å²) in [7, 11) is -3.76. The molecule has 2 heterocycles. The van der Waals surface area contributed by atoms with Crippen LogP contribution in [0.25, 0.3) is 0 Å². The highest BCUT2D eigenvalue weighted by Crippen LogP contribution is 2.16. The van der Waals surface area contributed by atoms with Gasteiger partial charge in [-0.2, -0.15) is 0 Å². The Labute approximate surface area is 117 Å². The van der Waals surface area contributed by atoms with Crippen molar-refractivity contribution in [2.24, 2.45) is 5.14 Å². The van der Waals surface area contributed by atoms with E-state index in [1.165, 1.54) is 18.3 Å². The van der Waals surface area contributed by atoms with Crippen LogP contribution < -0.4 is 10.5 Å². The fourth-order valence-electron chi connectivity index (χ4n) is 1.72. The van der Waals surface area contributed by atoms with E-state index in [-0.39, 0.29) is 4.90 Å². The summed E-state index contributed by atoms with van der Waals surface area (Å²) in [4.78, 5) is 4.01. The van der Waals surface area contributed by atoms with Crippen LogP contribution >= 0.6 is 0 Å². The first kappa shape index (κ1) is 14.4. The zero-order valence-electron chi connectivity index (χ0n) is 10.8. The standard InChI is InChI=1S/C11H16N6O2S/c12-20(18,19)10-4-3-6-14-11(10)13-5-1-2-7-17-8-15-16-9-17/h3-4,6,8-9H,1-2,5,7H2,(H,13,14)(H2,12,18,19). The molecular formula is C11H16N6O2S. The highest BCUT2D eigenvalue weighted by atomic mass is 32.2. The second kappa shape index (κ2) is 6.44. The molecule has 0 atom stereocenters. The minimum atomic E-state index is -3.76. The van der Waals surface area contributed by atoms with E-state index in [0.717, 1.165) is 19.4 Å². The van der Waals surface area contributed by atoms with E-state index < -0.39 is 10.0 Å². The second-order valence-corrected chi connectivity index (χ2v) is 5.76. The van der Waals surface area contributed by atoms with Crippen LogP contribution in [0.5, 0.6) is 0 Å². The molecular weight excluding hydrogens is 280 g/mol. The van der Waals surface area contributed by atoms with E-state index in [4.69, 9.17) is 5.14 Å². The number of unbranched alkanes of at least 4 members (excludes halogenated alkanes) is 1. The van der Waals surface area contributed by atoms with Gasteiger partial charge in [0.05, 0.1) is 0 Å². The van der Waals surface area contributed by atoms with Gasteiger partial charge in [0, 0.05) is 19.3 Å². The van der Waals surface area contributed by atoms with Crippen molar-refractivity contribution >= 4 is 15.8 Å². The van der Waals surface area contributed by atoms with Crippen molar-refractivity contribution in [2.75, 3.05) is 11.9 Å². The molecule has 8 nitrogen and oxygen atoms in total. The van der Waals surface area contributed by atoms with Crippen LogP contribution in [0.3, 0.4) is 0 Å². The van der Waals surface area contributed by atoms with E-state index in [0.29, 0.717) is 12.4 Å². The lowest BCUT2D eigenvalue weighted by Crippen LogP contribution is -2.16. The van der Waals surface area contributed by atoms with Gasteiger partial charge >= 0.3 is 0 Å². The molecule has 3 N–H and O–H groups in total. The van der Waals surface area contributed by atoms with Crippen molar-refractivity contribution in [1.82, 2.24) is 19.7 Å². The van der Waals surface area contributed by atoms with Gasteiger partial charge < -0.3 is 9.88 Å². The lowest BCUT2D eigenvalue weighted by Gasteiger charge is -2.09. The average Bonchev–Trinajstić information content (AvgIpc) is 2.91. The minimum Gasteiger partial charge on any atom is -0.369 e. The summed E-state index contributed by atoms with van der Waals surface area (Å²) in [6, 6.07) is 2.97. The van der Waals surface area contributed by atoms with Gasteiger partial charge in [-0.25, -0.2) is 18.5 Å². The Morgan fingerprint density at radius 2 is 2.00 bits per heavy atom. The fourth-order valence-corrected chi connectivity index (χ4v) is 2.38. The molecule has 0 unspecified atom stereocenters. The van der Waals surface area contributed by atoms with E-state index in [9.17, 15) is 8.42 Å². The molecule has 2 aromatic rings. The van der Waals surface area contributed by atoms with Gasteiger partial charge in [-0.1, -0.05) is 0 Å². The van der Waals surface area contributed by atoms with Crippen LogP contribution in [0.4, 0.5) is 5.82 Å². The maximum absolute atomic E-state index is 11.4. The number of nitrogens with two attached hydrogens (primary N) is 1. The van der Waals surface area contributed by atoms with Crippen molar-refractivity contribution in [3.8, 4) is 0 Å². The third-order valence-electron chi connectivity index (χ3n) is 2.68. The van der Waals surface area contributed by atoms with E-state index in [1.54, 1.807) is 12.7 Å². The molecule has 0 aliphatic carbocycles. The van der Waals surface area contributed by atoms with Crippen LogP contribution in [-0.4, -0.2) is 34.7 Å². The molecule has 0 bridgehead atoms. The summed E-state index contributed by atoms with van der Waals surface area (Å²) >= 11 is 0. The Morgan fingerprint density at radius 1 is 1.25 bits per heavy atom. The van der Waals surface area contributed by atoms with E-state index in [1.807, 2.05) is 4.57 Å². The quantitative estimate of drug-likeness (QED) is 0.706. The summed E-state index contributed by atoms with van der Waals surface area (Å²) in [5.41, 5.74) is 0. The number of pyridine rings is 1. The fraction of sp³-hybridized carbons (Fsp3) is 0.364. The molecule has 0 aromatic carbocycles. The first-order chi connectivity index (χ1) is 9.57. The van der Waals surface area contributed by atoms with Crippen molar-refractivity contribution in [1.29, 1.82) is 0 Å². The molecule has 0 aliphatic heterocycles. The lowest BCUT2D eigenvalue weighted by molar-refractivity contribution is 0.597. The summed E-state index contributed by atoms with van der Waals surface area (Å²) in [5, 5.41) is 15.5. The largest absolute Gasteiger partial charge is 0.369 e. The summed E-state index contributed by atoms with van der Waals surface area (Å²) in [6.45, 7) is 1.43. The maximum Gasteiger partial charge on any atom is 0.241 e. The number of hydrogen-bond acceptors (Lipinski definition) is 6. The Bertz CT molecular complexity index is 641. The number of nitrogens with one attached hydrogen (secondary N) is 1. The number of aryl methyl sites for hydroxylation is 1. The molecule has 0 aliphatic rings. The number of anilines is 1. The summed E-state index contributed by atoms with van der Waals surface area (Å²) in [5.74, 6) is 0.291. The first-order valence-electron chi connectivity index (χ1n) is 6.11. The normalized spacial score (nSPS) is 11.4. The Hall–Kier alpha value is -2.00. The molecule has 0 saturated heterocycles. The first-order valence-corrected chi connectivity index (χ1v) is 7.66. The van der Waals surface area contributed by atoms with Gasteiger partial charge in [-0.3, -0.25) is 0 Å². The molecule has 9 heteroatoms. The number of sulfonamides is 1. The molecule has 2 rings (SSSR count). The predicted octanol–water partition coefficient (Wildman–Crippen LogP) is 0.213. The minimum absolute atomic E-state index is 0.0128. The number of primary sulfonamides is 1. The lowest BCUT2D eigenvalue weighted by atomic mass is 10.3. The molecule has 0 amide bonds. The van der Waals surface area contributed by atoms with Crippen molar-refractivity contribution in [2.45, 2.75) is 24.3 Å².